The zero-order valence-corrected chi connectivity index (χ0v) is 34.6. The lowest BCUT2D eigenvalue weighted by Gasteiger charge is -2.59. The summed E-state index contributed by atoms with van der Waals surface area (Å²) in [5, 5.41) is 27.3. The van der Waals surface area contributed by atoms with E-state index in [9.17, 15) is 24.2 Å². The van der Waals surface area contributed by atoms with Crippen molar-refractivity contribution in [3.63, 3.8) is 0 Å². The molecule has 0 radical (unpaired) electrons. The van der Waals surface area contributed by atoms with Crippen LogP contribution >= 0.6 is 0 Å². The molecule has 322 valence electrons. The molecule has 0 bridgehead atoms. The van der Waals surface area contributed by atoms with Gasteiger partial charge < -0.3 is 39.3 Å². The van der Waals surface area contributed by atoms with Crippen molar-refractivity contribution < 1.29 is 48.0 Å². The number of nitrogens with zero attached hydrogens (tertiary/aromatic N) is 2. The summed E-state index contributed by atoms with van der Waals surface area (Å²) in [6, 6.07) is 20.0. The van der Waals surface area contributed by atoms with E-state index in [0.29, 0.717) is 42.2 Å². The van der Waals surface area contributed by atoms with Crippen molar-refractivity contribution in [1.29, 1.82) is 0 Å². The van der Waals surface area contributed by atoms with Gasteiger partial charge in [-0.25, -0.2) is 14.0 Å². The van der Waals surface area contributed by atoms with Crippen LogP contribution in [0.25, 0.3) is 0 Å². The molecule has 1 aliphatic heterocycles. The van der Waals surface area contributed by atoms with Crippen LogP contribution in [0.2, 0.25) is 0 Å². The number of amides is 2. The number of carbonyl (C=O) groups is 2. The molecule has 3 N–H and O–H groups in total. The molecule has 0 aromatic heterocycles. The van der Waals surface area contributed by atoms with Gasteiger partial charge in [0.05, 0.1) is 24.8 Å². The molecule has 6 atom stereocenters. The molecule has 2 aliphatic carbocycles. The number of rotatable bonds is 20. The third-order valence-corrected chi connectivity index (χ3v) is 11.6. The lowest BCUT2D eigenvalue weighted by atomic mass is 9.55. The molecular weight excluding hydrogens is 770 g/mol. The smallest absolute Gasteiger partial charge is 0.412 e. The van der Waals surface area contributed by atoms with Crippen molar-refractivity contribution in [3.8, 4) is 11.5 Å². The number of fused-ring (bicyclic) bond motifs is 2. The Bertz CT molecular complexity index is 1960. The second-order valence-corrected chi connectivity index (χ2v) is 15.4. The highest BCUT2D eigenvalue weighted by molar-refractivity contribution is 6.03. The second-order valence-electron chi connectivity index (χ2n) is 15.4. The fourth-order valence-electron chi connectivity index (χ4n) is 9.06. The fraction of sp³-hybridized carbons (Fsp3) is 0.468. The standard InChI is InChI=1S/C47H58FN3O9/c1-4-26-57-47-42(51(46(55)56-5-2)31-33-18-20-35(48)21-19-33)29-40(50-58-6-3)38-27-34(16-10-12-24-52)37(17-11-13-25-53)43(44(38)47)39-28-36(22-23-41(39)60-47)59-45(54)49-30-32-14-8-7-9-15-32/h4,7-9,14-15,18-23,27-28,34,37,42-44,52-53H,1,5-6,10-13,16-17,24-26,29-31H2,2-3H3,(H,49,54)/t34-,37+,42-,43+,44+,47+/m0/s1. The Labute approximate surface area is 352 Å². The van der Waals surface area contributed by atoms with Gasteiger partial charge in [-0.15, -0.1) is 6.58 Å². The number of carbonyl (C=O) groups excluding carboxylic acids is 2. The number of unbranched alkanes of at least 4 members (excludes halogenated alkanes) is 2. The Morgan fingerprint density at radius 3 is 2.43 bits per heavy atom. The number of oxime groups is 1. The van der Waals surface area contributed by atoms with E-state index < -0.39 is 35.8 Å². The van der Waals surface area contributed by atoms with Crippen LogP contribution in [-0.4, -0.2) is 77.9 Å². The van der Waals surface area contributed by atoms with Gasteiger partial charge in [-0.3, -0.25) is 4.90 Å². The first kappa shape index (κ1) is 44.3. The highest BCUT2D eigenvalue weighted by Crippen LogP contribution is 2.62. The highest BCUT2D eigenvalue weighted by atomic mass is 19.1. The van der Waals surface area contributed by atoms with Gasteiger partial charge in [0.25, 0.3) is 0 Å². The van der Waals surface area contributed by atoms with E-state index in [1.165, 1.54) is 12.1 Å². The van der Waals surface area contributed by atoms with E-state index in [1.807, 2.05) is 43.3 Å². The Hall–Kier alpha value is -5.24. The Kier molecular flexibility index (Phi) is 15.8. The summed E-state index contributed by atoms with van der Waals surface area (Å²) in [5.41, 5.74) is 3.89. The Morgan fingerprint density at radius 2 is 1.73 bits per heavy atom. The molecule has 0 unspecified atom stereocenters. The highest BCUT2D eigenvalue weighted by Gasteiger charge is 2.65. The van der Waals surface area contributed by atoms with E-state index in [4.69, 9.17) is 28.9 Å². The summed E-state index contributed by atoms with van der Waals surface area (Å²) in [5.74, 6) is -2.06. The van der Waals surface area contributed by atoms with Gasteiger partial charge in [0, 0.05) is 44.2 Å². The maximum Gasteiger partial charge on any atom is 0.412 e. The Balaban J connectivity index is 1.54. The summed E-state index contributed by atoms with van der Waals surface area (Å²) < 4.78 is 40.0. The van der Waals surface area contributed by atoms with Crippen LogP contribution in [0.3, 0.4) is 0 Å². The average molecular weight is 828 g/mol. The normalized spacial score (nSPS) is 23.3. The second kappa shape index (κ2) is 21.3. The third-order valence-electron chi connectivity index (χ3n) is 11.6. The molecule has 1 saturated carbocycles. The number of ether oxygens (including phenoxy) is 4. The number of nitrogens with one attached hydrogen (secondary N) is 1. The van der Waals surface area contributed by atoms with Crippen molar-refractivity contribution in [2.24, 2.45) is 22.9 Å². The maximum absolute atomic E-state index is 14.3. The van der Waals surface area contributed by atoms with E-state index in [2.05, 4.69) is 18.0 Å². The van der Waals surface area contributed by atoms with Crippen LogP contribution in [0.15, 0.2) is 102 Å². The number of hydrogen-bond donors (Lipinski definition) is 3. The van der Waals surface area contributed by atoms with Gasteiger partial charge in [-0.1, -0.05) is 72.6 Å². The van der Waals surface area contributed by atoms with E-state index in [1.54, 1.807) is 42.2 Å². The number of allylic oxidation sites excluding steroid dienone is 1. The lowest BCUT2D eigenvalue weighted by Crippen LogP contribution is -2.70. The first-order valence-corrected chi connectivity index (χ1v) is 21.1. The lowest BCUT2D eigenvalue weighted by molar-refractivity contribution is -0.256. The van der Waals surface area contributed by atoms with Gasteiger partial charge in [0.15, 0.2) is 0 Å². The minimum Gasteiger partial charge on any atom is -0.459 e. The molecule has 2 amide bonds. The van der Waals surface area contributed by atoms with Crippen molar-refractivity contribution in [2.75, 3.05) is 33.0 Å². The fourth-order valence-corrected chi connectivity index (χ4v) is 9.06. The first-order valence-electron chi connectivity index (χ1n) is 21.1. The molecule has 3 aromatic rings. The Morgan fingerprint density at radius 1 is 0.983 bits per heavy atom. The summed E-state index contributed by atoms with van der Waals surface area (Å²) in [6.07, 6.45) is 7.11. The van der Waals surface area contributed by atoms with Gasteiger partial charge in [0.2, 0.25) is 5.79 Å². The zero-order valence-electron chi connectivity index (χ0n) is 34.6. The molecule has 6 rings (SSSR count). The third kappa shape index (κ3) is 10.2. The summed E-state index contributed by atoms with van der Waals surface area (Å²) in [4.78, 5) is 34.8. The number of benzene rings is 3. The summed E-state index contributed by atoms with van der Waals surface area (Å²) in [7, 11) is 0. The van der Waals surface area contributed by atoms with Crippen molar-refractivity contribution >= 4 is 17.9 Å². The quantitative estimate of drug-likeness (QED) is 0.0580. The number of aliphatic hydroxyl groups excluding tert-OH is 2. The average Bonchev–Trinajstić information content (AvgIpc) is 3.26. The maximum atomic E-state index is 14.3. The molecule has 0 saturated heterocycles. The SMILES string of the molecule is C=CCO[C@@]12Oc3ccc(OC(=O)NCc4ccccc4)cc3[C@H]3[C@H](CCCCO)[C@@H](CCCCO)C=C(C(=NOCC)C[C@@H]1N(Cc1ccc(F)cc1)C(=O)OCC)[C@H]32. The van der Waals surface area contributed by atoms with Crippen molar-refractivity contribution in [2.45, 2.75) is 89.6 Å². The summed E-state index contributed by atoms with van der Waals surface area (Å²) in [6.45, 7) is 8.51. The molecule has 0 spiro atoms. The molecule has 13 heteroatoms. The molecule has 12 nitrogen and oxygen atoms in total. The van der Waals surface area contributed by atoms with E-state index >= 15 is 0 Å². The van der Waals surface area contributed by atoms with E-state index in [-0.39, 0.29) is 63.7 Å². The molecule has 1 fully saturated rings. The van der Waals surface area contributed by atoms with Crippen LogP contribution in [0.5, 0.6) is 11.5 Å². The molecule has 3 aromatic carbocycles. The van der Waals surface area contributed by atoms with Gasteiger partial charge >= 0.3 is 12.2 Å². The number of halogens is 1. The molecule has 1 heterocycles. The minimum absolute atomic E-state index is 0.0112. The van der Waals surface area contributed by atoms with E-state index in [0.717, 1.165) is 42.4 Å². The van der Waals surface area contributed by atoms with Gasteiger partial charge in [-0.2, -0.15) is 0 Å². The number of aliphatic hydroxyl groups is 2. The van der Waals surface area contributed by atoms with Gasteiger partial charge in [-0.05, 0) is 98.4 Å². The van der Waals surface area contributed by atoms with Crippen LogP contribution in [0.1, 0.15) is 81.4 Å². The van der Waals surface area contributed by atoms with Crippen LogP contribution in [0.4, 0.5) is 14.0 Å². The van der Waals surface area contributed by atoms with Crippen molar-refractivity contribution in [1.82, 2.24) is 10.2 Å². The predicted octanol–water partition coefficient (Wildman–Crippen LogP) is 8.43. The first-order chi connectivity index (χ1) is 29.3. The van der Waals surface area contributed by atoms with Crippen molar-refractivity contribution in [3.05, 3.63) is 120 Å². The van der Waals surface area contributed by atoms with Gasteiger partial charge in [0.1, 0.15) is 30.0 Å². The largest absolute Gasteiger partial charge is 0.459 e. The topological polar surface area (TPSA) is 148 Å². The van der Waals surface area contributed by atoms with Crippen LogP contribution in [-0.2, 0) is 27.4 Å². The molecule has 60 heavy (non-hydrogen) atoms. The monoisotopic (exact) mass is 827 g/mol. The summed E-state index contributed by atoms with van der Waals surface area (Å²) >= 11 is 0. The molecular formula is C47H58FN3O9. The zero-order chi connectivity index (χ0) is 42.5. The number of hydrogen-bond acceptors (Lipinski definition) is 10. The van der Waals surface area contributed by atoms with Crippen LogP contribution < -0.4 is 14.8 Å². The van der Waals surface area contributed by atoms with Crippen LogP contribution in [0, 0.1) is 23.6 Å². The predicted molar refractivity (Wildman–Crippen MR) is 225 cm³/mol. The minimum atomic E-state index is -1.53. The molecule has 3 aliphatic rings.